The molecule has 0 saturated heterocycles. The molecule has 4 nitrogen and oxygen atoms in total. The van der Waals surface area contributed by atoms with Crippen molar-refractivity contribution in [3.05, 3.63) is 76.9 Å². The average Bonchev–Trinajstić information content (AvgIpc) is 2.52. The summed E-state index contributed by atoms with van der Waals surface area (Å²) in [6.07, 6.45) is -0.135. The van der Waals surface area contributed by atoms with Crippen LogP contribution in [0.4, 0.5) is 0 Å². The molecule has 2 aromatic rings. The molecular weight excluding hydrogens is 292 g/mol. The molecule has 2 rings (SSSR count). The first kappa shape index (κ1) is 16.5. The summed E-state index contributed by atoms with van der Waals surface area (Å²) in [5.41, 5.74) is 3.18. The van der Waals surface area contributed by atoms with Crippen LogP contribution in [0.25, 0.3) is 5.57 Å². The van der Waals surface area contributed by atoms with Gasteiger partial charge in [0.1, 0.15) is 0 Å². The lowest BCUT2D eigenvalue weighted by atomic mass is 9.91. The normalized spacial score (nSPS) is 11.7. The number of rotatable bonds is 6. The third-order valence-corrected chi connectivity index (χ3v) is 3.57. The number of aryl methyl sites for hydroxylation is 1. The van der Waals surface area contributed by atoms with Crippen molar-refractivity contribution in [3.8, 4) is 0 Å². The van der Waals surface area contributed by atoms with Gasteiger partial charge in [-0.15, -0.1) is 0 Å². The lowest BCUT2D eigenvalue weighted by Gasteiger charge is -2.13. The van der Waals surface area contributed by atoms with Crippen LogP contribution in [0.2, 0.25) is 0 Å². The molecule has 0 aliphatic heterocycles. The Morgan fingerprint density at radius 3 is 2.04 bits per heavy atom. The molecule has 0 aliphatic carbocycles. The molecule has 23 heavy (non-hydrogen) atoms. The van der Waals surface area contributed by atoms with Crippen LogP contribution in [0.3, 0.4) is 0 Å². The van der Waals surface area contributed by atoms with Crippen molar-refractivity contribution in [1.82, 2.24) is 0 Å². The summed E-state index contributed by atoms with van der Waals surface area (Å²) in [5.74, 6) is -2.35. The minimum absolute atomic E-state index is 0.0785. The summed E-state index contributed by atoms with van der Waals surface area (Å²) >= 11 is 0. The van der Waals surface area contributed by atoms with E-state index >= 15 is 0 Å². The van der Waals surface area contributed by atoms with Gasteiger partial charge in [-0.25, -0.2) is 4.79 Å². The Bertz CT molecular complexity index is 728. The summed E-state index contributed by atoms with van der Waals surface area (Å²) in [4.78, 5) is 22.6. The van der Waals surface area contributed by atoms with E-state index in [1.54, 1.807) is 0 Å². The number of hydrogen-bond donors (Lipinski definition) is 2. The zero-order valence-corrected chi connectivity index (χ0v) is 12.8. The summed E-state index contributed by atoms with van der Waals surface area (Å²) in [6.45, 7) is 1.94. The lowest BCUT2D eigenvalue weighted by Crippen LogP contribution is -2.11. The van der Waals surface area contributed by atoms with E-state index in [0.29, 0.717) is 12.0 Å². The molecule has 0 spiro atoms. The number of allylic oxidation sites excluding steroid dienone is 1. The van der Waals surface area contributed by atoms with Crippen LogP contribution >= 0.6 is 0 Å². The van der Waals surface area contributed by atoms with Gasteiger partial charge in [-0.05, 0) is 30.0 Å². The molecule has 2 N–H and O–H groups in total. The first-order chi connectivity index (χ1) is 11.0. The Labute approximate surface area is 134 Å². The van der Waals surface area contributed by atoms with E-state index in [1.807, 2.05) is 61.5 Å². The fourth-order valence-corrected chi connectivity index (χ4v) is 2.40. The highest BCUT2D eigenvalue weighted by molar-refractivity contribution is 6.00. The Hall–Kier alpha value is -2.88. The van der Waals surface area contributed by atoms with Crippen molar-refractivity contribution in [3.63, 3.8) is 0 Å². The van der Waals surface area contributed by atoms with Gasteiger partial charge in [-0.1, -0.05) is 60.2 Å². The molecule has 0 bridgehead atoms. The molecule has 4 heteroatoms. The molecule has 0 atom stereocenters. The first-order valence-electron chi connectivity index (χ1n) is 7.25. The van der Waals surface area contributed by atoms with Crippen LogP contribution in [0.15, 0.2) is 60.2 Å². The molecule has 0 fully saturated rings. The van der Waals surface area contributed by atoms with E-state index in [0.717, 1.165) is 16.7 Å². The average molecular weight is 310 g/mol. The van der Waals surface area contributed by atoms with Crippen LogP contribution in [-0.2, 0) is 16.0 Å². The molecule has 0 heterocycles. The minimum atomic E-state index is -1.20. The Morgan fingerprint density at radius 2 is 1.52 bits per heavy atom. The monoisotopic (exact) mass is 310 g/mol. The maximum atomic E-state index is 11.6. The Balaban J connectivity index is 2.54. The highest BCUT2D eigenvalue weighted by Crippen LogP contribution is 2.26. The third-order valence-electron chi connectivity index (χ3n) is 3.57. The fourth-order valence-electron chi connectivity index (χ4n) is 2.40. The van der Waals surface area contributed by atoms with Gasteiger partial charge < -0.3 is 10.2 Å². The van der Waals surface area contributed by atoms with Gasteiger partial charge >= 0.3 is 11.9 Å². The maximum absolute atomic E-state index is 11.6. The van der Waals surface area contributed by atoms with Crippen molar-refractivity contribution in [2.24, 2.45) is 0 Å². The maximum Gasteiger partial charge on any atom is 0.332 e. The predicted octanol–water partition coefficient (Wildman–Crippen LogP) is 3.55. The van der Waals surface area contributed by atoms with Crippen molar-refractivity contribution in [2.75, 3.05) is 0 Å². The topological polar surface area (TPSA) is 74.6 Å². The molecule has 0 unspecified atom stereocenters. The molecule has 118 valence electrons. The molecule has 2 aromatic carbocycles. The summed E-state index contributed by atoms with van der Waals surface area (Å²) in [6, 6.07) is 16.9. The van der Waals surface area contributed by atoms with E-state index in [1.165, 1.54) is 0 Å². The van der Waals surface area contributed by atoms with Crippen molar-refractivity contribution in [1.29, 1.82) is 0 Å². The number of benzene rings is 2. The molecule has 0 amide bonds. The molecule has 0 saturated carbocycles. The second-order valence-corrected chi connectivity index (χ2v) is 5.36. The van der Waals surface area contributed by atoms with E-state index in [9.17, 15) is 14.7 Å². The smallest absolute Gasteiger partial charge is 0.332 e. The SMILES string of the molecule is Cc1ccc(/C(Cc2ccccc2)=C(/CC(=O)O)C(=O)O)cc1. The van der Waals surface area contributed by atoms with Gasteiger partial charge in [0, 0.05) is 0 Å². The predicted molar refractivity (Wildman–Crippen MR) is 88.1 cm³/mol. The van der Waals surface area contributed by atoms with Crippen LogP contribution in [0.5, 0.6) is 0 Å². The molecule has 0 aromatic heterocycles. The van der Waals surface area contributed by atoms with Crippen LogP contribution < -0.4 is 0 Å². The standard InChI is InChI=1S/C19H18O4/c1-13-7-9-15(10-8-13)16(11-14-5-3-2-4-6-14)17(19(22)23)12-18(20)21/h2-10H,11-12H2,1H3,(H,20,21)(H,22,23)/b17-16-. The summed E-state index contributed by atoms with van der Waals surface area (Å²) in [7, 11) is 0. The van der Waals surface area contributed by atoms with Gasteiger partial charge in [0.15, 0.2) is 0 Å². The van der Waals surface area contributed by atoms with E-state index in [-0.39, 0.29) is 5.57 Å². The Morgan fingerprint density at radius 1 is 0.913 bits per heavy atom. The zero-order chi connectivity index (χ0) is 16.8. The number of carbonyl (C=O) groups is 2. The second kappa shape index (κ2) is 7.40. The fraction of sp³-hybridized carbons (Fsp3) is 0.158. The summed E-state index contributed by atoms with van der Waals surface area (Å²) < 4.78 is 0. The highest BCUT2D eigenvalue weighted by Gasteiger charge is 2.19. The highest BCUT2D eigenvalue weighted by atomic mass is 16.4. The van der Waals surface area contributed by atoms with Gasteiger partial charge in [0.25, 0.3) is 0 Å². The van der Waals surface area contributed by atoms with Crippen LogP contribution in [0, 0.1) is 6.92 Å². The number of hydrogen-bond acceptors (Lipinski definition) is 2. The number of carboxylic acid groups (broad SMARTS) is 2. The molecule has 0 aliphatic rings. The second-order valence-electron chi connectivity index (χ2n) is 5.36. The van der Waals surface area contributed by atoms with Crippen molar-refractivity contribution >= 4 is 17.5 Å². The Kier molecular flexibility index (Phi) is 5.31. The van der Waals surface area contributed by atoms with E-state index < -0.39 is 18.4 Å². The van der Waals surface area contributed by atoms with Gasteiger partial charge in [-0.3, -0.25) is 4.79 Å². The largest absolute Gasteiger partial charge is 0.481 e. The third kappa shape index (κ3) is 4.54. The van der Waals surface area contributed by atoms with E-state index in [4.69, 9.17) is 5.11 Å². The summed E-state index contributed by atoms with van der Waals surface area (Å²) in [5, 5.41) is 18.5. The van der Waals surface area contributed by atoms with Gasteiger partial charge in [0.05, 0.1) is 12.0 Å². The van der Waals surface area contributed by atoms with E-state index in [2.05, 4.69) is 0 Å². The quantitative estimate of drug-likeness (QED) is 0.800. The molecular formula is C19H18O4. The zero-order valence-electron chi connectivity index (χ0n) is 12.8. The number of aliphatic carboxylic acids is 2. The minimum Gasteiger partial charge on any atom is -0.481 e. The van der Waals surface area contributed by atoms with Gasteiger partial charge in [0.2, 0.25) is 0 Å². The first-order valence-corrected chi connectivity index (χ1v) is 7.25. The van der Waals surface area contributed by atoms with Gasteiger partial charge in [-0.2, -0.15) is 0 Å². The lowest BCUT2D eigenvalue weighted by molar-refractivity contribution is -0.139. The van der Waals surface area contributed by atoms with Crippen molar-refractivity contribution < 1.29 is 19.8 Å². The number of carboxylic acids is 2. The van der Waals surface area contributed by atoms with Crippen LogP contribution in [-0.4, -0.2) is 22.2 Å². The van der Waals surface area contributed by atoms with Crippen molar-refractivity contribution in [2.45, 2.75) is 19.8 Å². The van der Waals surface area contributed by atoms with Crippen LogP contribution in [0.1, 0.15) is 23.1 Å². The molecule has 0 radical (unpaired) electrons.